The van der Waals surface area contributed by atoms with E-state index in [-0.39, 0.29) is 18.3 Å². The summed E-state index contributed by atoms with van der Waals surface area (Å²) >= 11 is 0. The Balaban J connectivity index is 2.20. The molecule has 3 aromatic rings. The molecule has 1 amide bonds. The van der Waals surface area contributed by atoms with Gasteiger partial charge in [0.2, 0.25) is 0 Å². The maximum absolute atomic E-state index is 14.9. The average Bonchev–Trinajstić information content (AvgIpc) is 3.01. The van der Waals surface area contributed by atoms with Gasteiger partial charge in [0.1, 0.15) is 17.6 Å². The zero-order valence-corrected chi connectivity index (χ0v) is 17.5. The summed E-state index contributed by atoms with van der Waals surface area (Å²) in [5, 5.41) is 13.2. The highest BCUT2D eigenvalue weighted by Gasteiger charge is 2.22. The SMILES string of the molecule is CCOC(=O)Nc1ccc(F)c(-c2c(C#N)c3ccc(OC(C)C)cc3n2CC)c1. The summed E-state index contributed by atoms with van der Waals surface area (Å²) in [4.78, 5) is 11.8. The van der Waals surface area contributed by atoms with E-state index in [0.29, 0.717) is 34.6 Å². The Morgan fingerprint density at radius 3 is 2.63 bits per heavy atom. The lowest BCUT2D eigenvalue weighted by molar-refractivity contribution is 0.168. The minimum atomic E-state index is -0.623. The van der Waals surface area contributed by atoms with Crippen LogP contribution in [0.1, 0.15) is 33.3 Å². The van der Waals surface area contributed by atoms with Crippen LogP contribution in [0.3, 0.4) is 0 Å². The molecule has 0 spiro atoms. The summed E-state index contributed by atoms with van der Waals surface area (Å²) in [6, 6.07) is 11.9. The average molecular weight is 409 g/mol. The molecule has 1 heterocycles. The number of hydrogen-bond donors (Lipinski definition) is 1. The molecule has 0 bridgehead atoms. The van der Waals surface area contributed by atoms with Gasteiger partial charge >= 0.3 is 6.09 Å². The summed E-state index contributed by atoms with van der Waals surface area (Å²) in [5.41, 5.74) is 2.22. The highest BCUT2D eigenvalue weighted by molar-refractivity contribution is 5.96. The highest BCUT2D eigenvalue weighted by Crippen LogP contribution is 2.37. The smallest absolute Gasteiger partial charge is 0.411 e. The number of nitrogens with zero attached hydrogens (tertiary/aromatic N) is 2. The molecule has 1 N–H and O–H groups in total. The van der Waals surface area contributed by atoms with Gasteiger partial charge in [-0.25, -0.2) is 9.18 Å². The van der Waals surface area contributed by atoms with Crippen molar-refractivity contribution in [3.63, 3.8) is 0 Å². The Labute approximate surface area is 174 Å². The molecule has 0 saturated heterocycles. The van der Waals surface area contributed by atoms with Crippen LogP contribution in [0.4, 0.5) is 14.9 Å². The molecule has 0 saturated carbocycles. The summed E-state index contributed by atoms with van der Waals surface area (Å²) in [6.45, 7) is 8.25. The van der Waals surface area contributed by atoms with Gasteiger partial charge < -0.3 is 14.0 Å². The molecule has 6 nitrogen and oxygen atoms in total. The van der Waals surface area contributed by atoms with E-state index < -0.39 is 11.9 Å². The molecule has 0 aliphatic carbocycles. The van der Waals surface area contributed by atoms with E-state index >= 15 is 0 Å². The molecule has 1 aromatic heterocycles. The van der Waals surface area contributed by atoms with Crippen LogP contribution in [0.25, 0.3) is 22.2 Å². The third-order valence-corrected chi connectivity index (χ3v) is 4.58. The van der Waals surface area contributed by atoms with Crippen LogP contribution in [-0.4, -0.2) is 23.4 Å². The van der Waals surface area contributed by atoms with Gasteiger partial charge in [0, 0.05) is 29.2 Å². The van der Waals surface area contributed by atoms with Crippen LogP contribution < -0.4 is 10.1 Å². The zero-order chi connectivity index (χ0) is 21.8. The second-order valence-corrected chi connectivity index (χ2v) is 6.97. The van der Waals surface area contributed by atoms with Crippen LogP contribution >= 0.6 is 0 Å². The second kappa shape index (κ2) is 8.87. The first kappa shape index (κ1) is 21.2. The lowest BCUT2D eigenvalue weighted by Gasteiger charge is -2.13. The van der Waals surface area contributed by atoms with Gasteiger partial charge in [0.25, 0.3) is 0 Å². The van der Waals surface area contributed by atoms with Crippen LogP contribution in [-0.2, 0) is 11.3 Å². The number of amides is 1. The van der Waals surface area contributed by atoms with Gasteiger partial charge in [-0.3, -0.25) is 5.32 Å². The molecule has 0 atom stereocenters. The highest BCUT2D eigenvalue weighted by atomic mass is 19.1. The zero-order valence-electron chi connectivity index (χ0n) is 17.5. The molecule has 0 aliphatic heterocycles. The third-order valence-electron chi connectivity index (χ3n) is 4.58. The third kappa shape index (κ3) is 4.08. The summed E-state index contributed by atoms with van der Waals surface area (Å²) < 4.78 is 27.4. The van der Waals surface area contributed by atoms with E-state index in [2.05, 4.69) is 11.4 Å². The van der Waals surface area contributed by atoms with Crippen molar-refractivity contribution in [2.24, 2.45) is 0 Å². The summed E-state index contributed by atoms with van der Waals surface area (Å²) in [5.74, 6) is 0.191. The summed E-state index contributed by atoms with van der Waals surface area (Å²) in [6.07, 6.45) is -0.618. The number of ether oxygens (including phenoxy) is 2. The molecular weight excluding hydrogens is 385 g/mol. The molecule has 0 fully saturated rings. The minimum absolute atomic E-state index is 0.00507. The number of aryl methyl sites for hydroxylation is 1. The van der Waals surface area contributed by atoms with Gasteiger partial charge in [0.05, 0.1) is 29.5 Å². The Hall–Kier alpha value is -3.53. The van der Waals surface area contributed by atoms with Gasteiger partial charge in [-0.05, 0) is 58.0 Å². The molecule has 0 unspecified atom stereocenters. The van der Waals surface area contributed by atoms with E-state index in [4.69, 9.17) is 9.47 Å². The normalized spacial score (nSPS) is 10.8. The van der Waals surface area contributed by atoms with Crippen molar-refractivity contribution >= 4 is 22.7 Å². The first-order valence-corrected chi connectivity index (χ1v) is 9.86. The van der Waals surface area contributed by atoms with Crippen molar-refractivity contribution in [1.82, 2.24) is 4.57 Å². The number of rotatable bonds is 6. The molecule has 30 heavy (non-hydrogen) atoms. The quantitative estimate of drug-likeness (QED) is 0.567. The topological polar surface area (TPSA) is 76.3 Å². The number of carbonyl (C=O) groups is 1. The van der Waals surface area contributed by atoms with E-state index in [0.717, 1.165) is 5.52 Å². The van der Waals surface area contributed by atoms with Gasteiger partial charge in [0.15, 0.2) is 0 Å². The lowest BCUT2D eigenvalue weighted by atomic mass is 10.0. The minimum Gasteiger partial charge on any atom is -0.491 e. The number of nitriles is 1. The lowest BCUT2D eigenvalue weighted by Crippen LogP contribution is -2.13. The Morgan fingerprint density at radius 2 is 2.00 bits per heavy atom. The molecule has 0 aliphatic rings. The van der Waals surface area contributed by atoms with E-state index in [9.17, 15) is 14.4 Å². The molecule has 3 rings (SSSR count). The van der Waals surface area contributed by atoms with Crippen LogP contribution in [0.5, 0.6) is 5.75 Å². The Morgan fingerprint density at radius 1 is 1.23 bits per heavy atom. The summed E-state index contributed by atoms with van der Waals surface area (Å²) in [7, 11) is 0. The van der Waals surface area contributed by atoms with Crippen molar-refractivity contribution in [1.29, 1.82) is 5.26 Å². The number of halogens is 1. The van der Waals surface area contributed by atoms with E-state index in [1.54, 1.807) is 6.92 Å². The predicted octanol–water partition coefficient (Wildman–Crippen LogP) is 5.69. The van der Waals surface area contributed by atoms with Crippen molar-refractivity contribution in [3.8, 4) is 23.1 Å². The van der Waals surface area contributed by atoms with E-state index in [1.165, 1.54) is 18.2 Å². The number of anilines is 1. The maximum atomic E-state index is 14.9. The number of benzene rings is 2. The monoisotopic (exact) mass is 409 g/mol. The van der Waals surface area contributed by atoms with Gasteiger partial charge in [-0.15, -0.1) is 0 Å². The number of nitrogens with one attached hydrogen (secondary N) is 1. The molecule has 0 radical (unpaired) electrons. The number of hydrogen-bond acceptors (Lipinski definition) is 4. The van der Waals surface area contributed by atoms with Gasteiger partial charge in [-0.1, -0.05) is 0 Å². The Bertz CT molecular complexity index is 1130. The number of carbonyl (C=O) groups excluding carboxylic acids is 1. The van der Waals surface area contributed by atoms with Crippen molar-refractivity contribution in [3.05, 3.63) is 47.8 Å². The Kier molecular flexibility index (Phi) is 6.26. The fourth-order valence-corrected chi connectivity index (χ4v) is 3.47. The number of fused-ring (bicyclic) bond motifs is 1. The molecule has 7 heteroatoms. The predicted molar refractivity (Wildman–Crippen MR) is 114 cm³/mol. The number of aromatic nitrogens is 1. The van der Waals surface area contributed by atoms with Crippen molar-refractivity contribution in [2.75, 3.05) is 11.9 Å². The van der Waals surface area contributed by atoms with Crippen molar-refractivity contribution in [2.45, 2.75) is 40.3 Å². The van der Waals surface area contributed by atoms with Crippen LogP contribution in [0.2, 0.25) is 0 Å². The van der Waals surface area contributed by atoms with E-state index in [1.807, 2.05) is 43.5 Å². The first-order chi connectivity index (χ1) is 14.4. The van der Waals surface area contributed by atoms with Crippen LogP contribution in [0, 0.1) is 17.1 Å². The second-order valence-electron chi connectivity index (χ2n) is 6.97. The standard InChI is InChI=1S/C23H24FN3O3/c1-5-27-21-12-16(30-14(3)4)8-9-17(21)19(13-25)22(27)18-11-15(7-10-20(18)24)26-23(28)29-6-2/h7-12,14H,5-6H2,1-4H3,(H,26,28). The first-order valence-electron chi connectivity index (χ1n) is 9.86. The fraction of sp³-hybridized carbons (Fsp3) is 0.304. The molecule has 2 aromatic carbocycles. The molecule has 156 valence electrons. The largest absolute Gasteiger partial charge is 0.491 e. The fourth-order valence-electron chi connectivity index (χ4n) is 3.47. The maximum Gasteiger partial charge on any atom is 0.411 e. The van der Waals surface area contributed by atoms with Crippen molar-refractivity contribution < 1.29 is 18.7 Å². The molecular formula is C23H24FN3O3. The van der Waals surface area contributed by atoms with Crippen LogP contribution in [0.15, 0.2) is 36.4 Å². The van der Waals surface area contributed by atoms with Gasteiger partial charge in [-0.2, -0.15) is 5.26 Å².